The molecule has 0 saturated carbocycles. The second-order valence-corrected chi connectivity index (χ2v) is 5.12. The highest BCUT2D eigenvalue weighted by molar-refractivity contribution is 5.87. The minimum absolute atomic E-state index is 0.254. The van der Waals surface area contributed by atoms with E-state index >= 15 is 0 Å². The van der Waals surface area contributed by atoms with Gasteiger partial charge in [-0.1, -0.05) is 6.07 Å². The topological polar surface area (TPSA) is 75.0 Å². The first-order valence-corrected chi connectivity index (χ1v) is 7.08. The number of benzene rings is 1. The van der Waals surface area contributed by atoms with E-state index in [2.05, 4.69) is 21.1 Å². The fourth-order valence-electron chi connectivity index (χ4n) is 2.63. The SMILES string of the molecule is COC(=O)c1ccc(-c2cc3c(cc2C#N)NCCC3)cn1. The number of methoxy groups -OCH3 is 1. The van der Waals surface area contributed by atoms with E-state index in [1.54, 1.807) is 18.3 Å². The van der Waals surface area contributed by atoms with Gasteiger partial charge < -0.3 is 10.1 Å². The molecular weight excluding hydrogens is 278 g/mol. The minimum Gasteiger partial charge on any atom is -0.464 e. The Hall–Kier alpha value is -2.87. The molecule has 22 heavy (non-hydrogen) atoms. The van der Waals surface area contributed by atoms with Crippen LogP contribution in [-0.2, 0) is 11.2 Å². The highest BCUT2D eigenvalue weighted by Crippen LogP contribution is 2.31. The number of fused-ring (bicyclic) bond motifs is 1. The van der Waals surface area contributed by atoms with Gasteiger partial charge in [0.25, 0.3) is 0 Å². The molecule has 1 N–H and O–H groups in total. The third-order valence-electron chi connectivity index (χ3n) is 3.77. The highest BCUT2D eigenvalue weighted by atomic mass is 16.5. The van der Waals surface area contributed by atoms with Gasteiger partial charge in [-0.3, -0.25) is 0 Å². The predicted octanol–water partition coefficient (Wildman–Crippen LogP) is 2.76. The Morgan fingerprint density at radius 2 is 2.27 bits per heavy atom. The summed E-state index contributed by atoms with van der Waals surface area (Å²) in [6.45, 7) is 0.937. The van der Waals surface area contributed by atoms with Gasteiger partial charge in [0, 0.05) is 29.6 Å². The third-order valence-corrected chi connectivity index (χ3v) is 3.77. The summed E-state index contributed by atoms with van der Waals surface area (Å²) in [4.78, 5) is 15.5. The Labute approximate surface area is 128 Å². The van der Waals surface area contributed by atoms with Crippen LogP contribution in [-0.4, -0.2) is 24.6 Å². The van der Waals surface area contributed by atoms with Crippen molar-refractivity contribution in [3.8, 4) is 17.2 Å². The molecule has 0 radical (unpaired) electrons. The average molecular weight is 293 g/mol. The maximum absolute atomic E-state index is 11.4. The molecule has 110 valence electrons. The molecule has 0 aliphatic carbocycles. The van der Waals surface area contributed by atoms with Gasteiger partial charge in [0.1, 0.15) is 5.69 Å². The number of nitrogens with zero attached hydrogens (tertiary/aromatic N) is 2. The fourth-order valence-corrected chi connectivity index (χ4v) is 2.63. The van der Waals surface area contributed by atoms with Crippen LogP contribution in [0.1, 0.15) is 28.0 Å². The summed E-state index contributed by atoms with van der Waals surface area (Å²) in [6.07, 6.45) is 3.68. The van der Waals surface area contributed by atoms with E-state index in [0.29, 0.717) is 5.56 Å². The molecule has 1 aliphatic heterocycles. The van der Waals surface area contributed by atoms with Crippen LogP contribution in [0.2, 0.25) is 0 Å². The van der Waals surface area contributed by atoms with Crippen LogP contribution in [0.25, 0.3) is 11.1 Å². The van der Waals surface area contributed by atoms with Gasteiger partial charge in [-0.25, -0.2) is 9.78 Å². The van der Waals surface area contributed by atoms with Gasteiger partial charge in [-0.2, -0.15) is 5.26 Å². The Kier molecular flexibility index (Phi) is 3.75. The molecule has 3 rings (SSSR count). The molecule has 2 aromatic rings. The van der Waals surface area contributed by atoms with Crippen LogP contribution >= 0.6 is 0 Å². The molecule has 5 nitrogen and oxygen atoms in total. The normalized spacial score (nSPS) is 12.7. The van der Waals surface area contributed by atoms with Crippen LogP contribution in [0.5, 0.6) is 0 Å². The van der Waals surface area contributed by atoms with E-state index in [1.807, 2.05) is 12.1 Å². The number of nitrogens with one attached hydrogen (secondary N) is 1. The lowest BCUT2D eigenvalue weighted by atomic mass is 9.94. The number of ether oxygens (including phenoxy) is 1. The smallest absolute Gasteiger partial charge is 0.356 e. The van der Waals surface area contributed by atoms with Gasteiger partial charge in [-0.05, 0) is 36.6 Å². The zero-order valence-corrected chi connectivity index (χ0v) is 12.2. The fraction of sp³-hybridized carbons (Fsp3) is 0.235. The van der Waals surface area contributed by atoms with E-state index in [-0.39, 0.29) is 5.69 Å². The number of carbonyl (C=O) groups is 1. The van der Waals surface area contributed by atoms with Crippen molar-refractivity contribution in [2.24, 2.45) is 0 Å². The van der Waals surface area contributed by atoms with Gasteiger partial charge >= 0.3 is 5.97 Å². The lowest BCUT2D eigenvalue weighted by Gasteiger charge is -2.19. The number of nitriles is 1. The molecule has 1 aromatic carbocycles. The van der Waals surface area contributed by atoms with Crippen LogP contribution < -0.4 is 5.32 Å². The molecule has 0 spiro atoms. The first-order valence-electron chi connectivity index (χ1n) is 7.08. The first-order chi connectivity index (χ1) is 10.7. The molecule has 1 aliphatic rings. The number of carbonyl (C=O) groups excluding carboxylic acids is 1. The van der Waals surface area contributed by atoms with Crippen molar-refractivity contribution in [2.75, 3.05) is 19.0 Å². The number of hydrogen-bond acceptors (Lipinski definition) is 5. The zero-order valence-electron chi connectivity index (χ0n) is 12.2. The highest BCUT2D eigenvalue weighted by Gasteiger charge is 2.15. The number of pyridine rings is 1. The summed E-state index contributed by atoms with van der Waals surface area (Å²) in [5.74, 6) is -0.471. The number of hydrogen-bond donors (Lipinski definition) is 1. The average Bonchev–Trinajstić information content (AvgIpc) is 2.60. The lowest BCUT2D eigenvalue weighted by molar-refractivity contribution is 0.0594. The summed E-state index contributed by atoms with van der Waals surface area (Å²) in [6, 6.07) is 9.56. The Bertz CT molecular complexity index is 761. The summed E-state index contributed by atoms with van der Waals surface area (Å²) >= 11 is 0. The standard InChI is InChI=1S/C17H15N3O2/c1-22-17(21)15-5-4-12(10-20-15)14-7-11-3-2-6-19-16(11)8-13(14)9-18/h4-5,7-8,10,19H,2-3,6H2,1H3. The molecular formula is C17H15N3O2. The minimum atomic E-state index is -0.471. The first kappa shape index (κ1) is 14.1. The second kappa shape index (κ2) is 5.86. The van der Waals surface area contributed by atoms with Crippen molar-refractivity contribution in [3.05, 3.63) is 47.3 Å². The quantitative estimate of drug-likeness (QED) is 0.862. The Balaban J connectivity index is 2.04. The number of aromatic nitrogens is 1. The Morgan fingerprint density at radius 1 is 1.41 bits per heavy atom. The largest absolute Gasteiger partial charge is 0.464 e. The van der Waals surface area contributed by atoms with Crippen LogP contribution in [0.4, 0.5) is 5.69 Å². The zero-order chi connectivity index (χ0) is 15.5. The maximum atomic E-state index is 11.4. The van der Waals surface area contributed by atoms with Gasteiger partial charge in [-0.15, -0.1) is 0 Å². The van der Waals surface area contributed by atoms with E-state index < -0.39 is 5.97 Å². The molecule has 1 aromatic heterocycles. The molecule has 0 amide bonds. The molecule has 0 atom stereocenters. The molecule has 5 heteroatoms. The van der Waals surface area contributed by atoms with E-state index in [0.717, 1.165) is 36.2 Å². The third kappa shape index (κ3) is 2.51. The van der Waals surface area contributed by atoms with Crippen molar-refractivity contribution < 1.29 is 9.53 Å². The summed E-state index contributed by atoms with van der Waals surface area (Å²) < 4.78 is 4.64. The number of aryl methyl sites for hydroxylation is 1. The van der Waals surface area contributed by atoms with Crippen molar-refractivity contribution >= 4 is 11.7 Å². The van der Waals surface area contributed by atoms with Gasteiger partial charge in [0.15, 0.2) is 0 Å². The monoisotopic (exact) mass is 293 g/mol. The van der Waals surface area contributed by atoms with Crippen molar-refractivity contribution in [2.45, 2.75) is 12.8 Å². The molecule has 2 heterocycles. The maximum Gasteiger partial charge on any atom is 0.356 e. The van der Waals surface area contributed by atoms with Crippen molar-refractivity contribution in [1.29, 1.82) is 5.26 Å². The number of esters is 1. The van der Waals surface area contributed by atoms with Crippen LogP contribution in [0.3, 0.4) is 0 Å². The molecule has 0 fully saturated rings. The molecule has 0 saturated heterocycles. The molecule has 0 unspecified atom stereocenters. The molecule has 0 bridgehead atoms. The van der Waals surface area contributed by atoms with E-state index in [9.17, 15) is 10.1 Å². The van der Waals surface area contributed by atoms with E-state index in [1.165, 1.54) is 12.7 Å². The van der Waals surface area contributed by atoms with E-state index in [4.69, 9.17) is 0 Å². The second-order valence-electron chi connectivity index (χ2n) is 5.12. The summed E-state index contributed by atoms with van der Waals surface area (Å²) in [5.41, 5.74) is 4.75. The van der Waals surface area contributed by atoms with Gasteiger partial charge in [0.2, 0.25) is 0 Å². The summed E-state index contributed by atoms with van der Waals surface area (Å²) in [5, 5.41) is 12.7. The Morgan fingerprint density at radius 3 is 2.95 bits per heavy atom. The number of anilines is 1. The van der Waals surface area contributed by atoms with Crippen LogP contribution in [0, 0.1) is 11.3 Å². The summed E-state index contributed by atoms with van der Waals surface area (Å²) in [7, 11) is 1.32. The van der Waals surface area contributed by atoms with Crippen LogP contribution in [0.15, 0.2) is 30.5 Å². The van der Waals surface area contributed by atoms with Crippen molar-refractivity contribution in [3.63, 3.8) is 0 Å². The van der Waals surface area contributed by atoms with Gasteiger partial charge in [0.05, 0.1) is 18.7 Å². The number of rotatable bonds is 2. The van der Waals surface area contributed by atoms with Crippen molar-refractivity contribution in [1.82, 2.24) is 4.98 Å². The predicted molar refractivity (Wildman–Crippen MR) is 82.5 cm³/mol. The lowest BCUT2D eigenvalue weighted by Crippen LogP contribution is -2.12.